The molecular formula is C13H23N3O. The minimum Gasteiger partial charge on any atom is -0.339 e. The van der Waals surface area contributed by atoms with E-state index < -0.39 is 0 Å². The van der Waals surface area contributed by atoms with Crippen LogP contribution in [0.2, 0.25) is 0 Å². The number of hydrogen-bond acceptors (Lipinski definition) is 3. The maximum Gasteiger partial charge on any atom is 0.227 e. The van der Waals surface area contributed by atoms with Crippen LogP contribution in [0.3, 0.4) is 0 Å². The van der Waals surface area contributed by atoms with Crippen molar-refractivity contribution in [3.05, 3.63) is 0 Å². The van der Waals surface area contributed by atoms with E-state index in [0.717, 1.165) is 25.7 Å². The fraction of sp³-hybridized carbons (Fsp3) is 0.846. The molecule has 2 unspecified atom stereocenters. The highest BCUT2D eigenvalue weighted by Crippen LogP contribution is 2.25. The molecule has 0 saturated heterocycles. The number of hydrogen-bond donors (Lipinski definition) is 1. The highest BCUT2D eigenvalue weighted by Gasteiger charge is 2.32. The van der Waals surface area contributed by atoms with Crippen molar-refractivity contribution in [2.24, 2.45) is 11.7 Å². The molecule has 0 heterocycles. The predicted molar refractivity (Wildman–Crippen MR) is 67.0 cm³/mol. The quantitative estimate of drug-likeness (QED) is 0.808. The molecule has 1 amide bonds. The Balaban J connectivity index is 2.66. The molecule has 0 aromatic heterocycles. The van der Waals surface area contributed by atoms with Gasteiger partial charge in [-0.2, -0.15) is 5.26 Å². The topological polar surface area (TPSA) is 70.1 Å². The molecule has 4 nitrogen and oxygen atoms in total. The van der Waals surface area contributed by atoms with Crippen LogP contribution in [0.5, 0.6) is 0 Å². The highest BCUT2D eigenvalue weighted by molar-refractivity contribution is 5.80. The SMILES string of the molecule is CC(C)N(CCC#N)C(=O)C1CCCCC1N. The molecule has 0 aromatic rings. The van der Waals surface area contributed by atoms with Gasteiger partial charge < -0.3 is 10.6 Å². The zero-order valence-corrected chi connectivity index (χ0v) is 10.9. The number of carbonyl (C=O) groups excluding carboxylic acids is 1. The van der Waals surface area contributed by atoms with Gasteiger partial charge >= 0.3 is 0 Å². The third kappa shape index (κ3) is 3.71. The van der Waals surface area contributed by atoms with E-state index >= 15 is 0 Å². The summed E-state index contributed by atoms with van der Waals surface area (Å²) in [5.74, 6) is 0.104. The maximum absolute atomic E-state index is 12.4. The van der Waals surface area contributed by atoms with Crippen molar-refractivity contribution < 1.29 is 4.79 Å². The highest BCUT2D eigenvalue weighted by atomic mass is 16.2. The van der Waals surface area contributed by atoms with Crippen LogP contribution in [-0.4, -0.2) is 29.4 Å². The molecule has 0 aliphatic heterocycles. The van der Waals surface area contributed by atoms with Crippen LogP contribution in [0.1, 0.15) is 46.0 Å². The monoisotopic (exact) mass is 237 g/mol. The van der Waals surface area contributed by atoms with E-state index in [1.807, 2.05) is 13.8 Å². The van der Waals surface area contributed by atoms with Crippen molar-refractivity contribution >= 4 is 5.91 Å². The molecule has 1 aliphatic carbocycles. The van der Waals surface area contributed by atoms with E-state index in [4.69, 9.17) is 11.0 Å². The first kappa shape index (κ1) is 14.0. The van der Waals surface area contributed by atoms with Crippen LogP contribution in [0, 0.1) is 17.2 Å². The van der Waals surface area contributed by atoms with Crippen molar-refractivity contribution in [1.82, 2.24) is 4.90 Å². The summed E-state index contributed by atoms with van der Waals surface area (Å²) < 4.78 is 0. The predicted octanol–water partition coefficient (Wildman–Crippen LogP) is 1.65. The summed E-state index contributed by atoms with van der Waals surface area (Å²) in [7, 11) is 0. The molecule has 96 valence electrons. The first-order valence-corrected chi connectivity index (χ1v) is 6.51. The van der Waals surface area contributed by atoms with E-state index in [0.29, 0.717) is 13.0 Å². The van der Waals surface area contributed by atoms with Crippen LogP contribution >= 0.6 is 0 Å². The molecule has 2 N–H and O–H groups in total. The summed E-state index contributed by atoms with van der Waals surface area (Å²) in [4.78, 5) is 14.2. The number of nitrogens with two attached hydrogens (primary N) is 1. The first-order valence-electron chi connectivity index (χ1n) is 6.51. The second-order valence-corrected chi connectivity index (χ2v) is 5.09. The molecule has 1 saturated carbocycles. The van der Waals surface area contributed by atoms with Crippen LogP contribution in [-0.2, 0) is 4.79 Å². The van der Waals surface area contributed by atoms with Gasteiger partial charge in [0.05, 0.1) is 18.4 Å². The molecule has 2 atom stereocenters. The summed E-state index contributed by atoms with van der Waals surface area (Å²) in [5.41, 5.74) is 6.03. The van der Waals surface area contributed by atoms with Crippen molar-refractivity contribution in [1.29, 1.82) is 5.26 Å². The lowest BCUT2D eigenvalue weighted by Gasteiger charge is -2.34. The van der Waals surface area contributed by atoms with Crippen LogP contribution in [0.15, 0.2) is 0 Å². The molecule has 0 spiro atoms. The minimum atomic E-state index is -0.0372. The van der Waals surface area contributed by atoms with Crippen molar-refractivity contribution in [3.8, 4) is 6.07 Å². The van der Waals surface area contributed by atoms with E-state index in [9.17, 15) is 4.79 Å². The Morgan fingerprint density at radius 1 is 1.47 bits per heavy atom. The first-order chi connectivity index (χ1) is 8.07. The summed E-state index contributed by atoms with van der Waals surface area (Å²) >= 11 is 0. The molecule has 0 aromatic carbocycles. The Kier molecular flexibility index (Phi) is 5.43. The molecule has 1 aliphatic rings. The second-order valence-electron chi connectivity index (χ2n) is 5.09. The molecule has 1 fully saturated rings. The third-order valence-electron chi connectivity index (χ3n) is 3.51. The zero-order chi connectivity index (χ0) is 12.8. The van der Waals surface area contributed by atoms with Crippen molar-refractivity contribution in [3.63, 3.8) is 0 Å². The molecule has 0 radical (unpaired) electrons. The Hall–Kier alpha value is -1.08. The second kappa shape index (κ2) is 6.61. The standard InChI is InChI=1S/C13H23N3O/c1-10(2)16(9-5-8-14)13(17)11-6-3-4-7-12(11)15/h10-12H,3-7,9,15H2,1-2H3. The normalized spacial score (nSPS) is 24.4. The fourth-order valence-corrected chi connectivity index (χ4v) is 2.47. The molecule has 4 heteroatoms. The Morgan fingerprint density at radius 2 is 2.12 bits per heavy atom. The van der Waals surface area contributed by atoms with Gasteiger partial charge in [-0.25, -0.2) is 0 Å². The summed E-state index contributed by atoms with van der Waals surface area (Å²) in [5, 5.41) is 8.63. The lowest BCUT2D eigenvalue weighted by Crippen LogP contribution is -2.48. The van der Waals surface area contributed by atoms with Crippen LogP contribution in [0.25, 0.3) is 0 Å². The van der Waals surface area contributed by atoms with Crippen molar-refractivity contribution in [2.75, 3.05) is 6.54 Å². The van der Waals surface area contributed by atoms with E-state index in [2.05, 4.69) is 6.07 Å². The van der Waals surface area contributed by atoms with Gasteiger partial charge in [0.15, 0.2) is 0 Å². The van der Waals surface area contributed by atoms with E-state index in [1.54, 1.807) is 4.90 Å². The van der Waals surface area contributed by atoms with Gasteiger partial charge in [-0.3, -0.25) is 4.79 Å². The number of nitrogens with zero attached hydrogens (tertiary/aromatic N) is 2. The smallest absolute Gasteiger partial charge is 0.227 e. The summed E-state index contributed by atoms with van der Waals surface area (Å²) in [6.45, 7) is 4.50. The lowest BCUT2D eigenvalue weighted by atomic mass is 9.84. The van der Waals surface area contributed by atoms with Crippen LogP contribution < -0.4 is 5.73 Å². The Morgan fingerprint density at radius 3 is 2.65 bits per heavy atom. The molecule has 0 bridgehead atoms. The average Bonchev–Trinajstić information content (AvgIpc) is 2.29. The van der Waals surface area contributed by atoms with Gasteiger partial charge in [-0.1, -0.05) is 12.8 Å². The van der Waals surface area contributed by atoms with Gasteiger partial charge in [-0.05, 0) is 26.7 Å². The van der Waals surface area contributed by atoms with E-state index in [-0.39, 0.29) is 23.9 Å². The maximum atomic E-state index is 12.4. The van der Waals surface area contributed by atoms with Gasteiger partial charge in [0.25, 0.3) is 0 Å². The lowest BCUT2D eigenvalue weighted by molar-refractivity contribution is -0.138. The van der Waals surface area contributed by atoms with Crippen molar-refractivity contribution in [2.45, 2.75) is 58.0 Å². The van der Waals surface area contributed by atoms with Gasteiger partial charge in [0.1, 0.15) is 0 Å². The average molecular weight is 237 g/mol. The summed E-state index contributed by atoms with van der Waals surface area (Å²) in [6.07, 6.45) is 4.46. The van der Waals surface area contributed by atoms with Gasteiger partial charge in [0.2, 0.25) is 5.91 Å². The molecule has 1 rings (SSSR count). The number of rotatable bonds is 4. The van der Waals surface area contributed by atoms with E-state index in [1.165, 1.54) is 0 Å². The van der Waals surface area contributed by atoms with Gasteiger partial charge in [-0.15, -0.1) is 0 Å². The number of carbonyl (C=O) groups is 1. The minimum absolute atomic E-state index is 0.000384. The third-order valence-corrected chi connectivity index (χ3v) is 3.51. The number of amides is 1. The van der Waals surface area contributed by atoms with Crippen LogP contribution in [0.4, 0.5) is 0 Å². The fourth-order valence-electron chi connectivity index (χ4n) is 2.47. The number of nitriles is 1. The largest absolute Gasteiger partial charge is 0.339 e. The summed E-state index contributed by atoms with van der Waals surface area (Å²) in [6, 6.07) is 2.24. The molecule has 17 heavy (non-hydrogen) atoms. The Bertz CT molecular complexity index is 296. The van der Waals surface area contributed by atoms with Gasteiger partial charge in [0, 0.05) is 18.6 Å². The Labute approximate surface area is 104 Å². The zero-order valence-electron chi connectivity index (χ0n) is 10.9. The molecular weight excluding hydrogens is 214 g/mol.